The molecule has 124 valence electrons. The van der Waals surface area contributed by atoms with Crippen LogP contribution in [0.4, 0.5) is 0 Å². The average molecular weight is 325 g/mol. The van der Waals surface area contributed by atoms with Gasteiger partial charge >= 0.3 is 0 Å². The van der Waals surface area contributed by atoms with Crippen molar-refractivity contribution >= 4 is 18.3 Å². The van der Waals surface area contributed by atoms with E-state index in [0.717, 1.165) is 26.1 Å². The first-order valence-corrected chi connectivity index (χ1v) is 7.96. The molecule has 1 heterocycles. The minimum atomic E-state index is 0. The van der Waals surface area contributed by atoms with Crippen LogP contribution in [0.1, 0.15) is 38.8 Å². The van der Waals surface area contributed by atoms with E-state index < -0.39 is 0 Å². The van der Waals surface area contributed by atoms with E-state index in [1.807, 2.05) is 6.92 Å². The summed E-state index contributed by atoms with van der Waals surface area (Å²) in [5.41, 5.74) is 2.82. The number of halogens is 1. The second-order valence-corrected chi connectivity index (χ2v) is 7.19. The number of benzene rings is 1. The largest absolute Gasteiger partial charge is 0.356 e. The summed E-state index contributed by atoms with van der Waals surface area (Å²) in [4.78, 5) is 12.0. The molecule has 0 radical (unpaired) electrons. The van der Waals surface area contributed by atoms with Crippen LogP contribution in [0.2, 0.25) is 0 Å². The zero-order valence-electron chi connectivity index (χ0n) is 14.1. The molecule has 0 spiro atoms. The fourth-order valence-electron chi connectivity index (χ4n) is 2.54. The molecule has 1 fully saturated rings. The SMILES string of the molecule is CC(C(=O)NCCc1ccc(C(C)(C)C)cc1)C1CNC1.Cl. The van der Waals surface area contributed by atoms with Crippen LogP contribution in [-0.4, -0.2) is 25.5 Å². The molecule has 22 heavy (non-hydrogen) atoms. The Balaban J connectivity index is 0.00000242. The summed E-state index contributed by atoms with van der Waals surface area (Å²) in [5.74, 6) is 0.818. The van der Waals surface area contributed by atoms with Gasteiger partial charge in [-0.15, -0.1) is 12.4 Å². The van der Waals surface area contributed by atoms with Crippen LogP contribution in [-0.2, 0) is 16.6 Å². The van der Waals surface area contributed by atoms with Crippen LogP contribution in [0.15, 0.2) is 24.3 Å². The smallest absolute Gasteiger partial charge is 0.223 e. The molecule has 3 nitrogen and oxygen atoms in total. The summed E-state index contributed by atoms with van der Waals surface area (Å²) >= 11 is 0. The molecule has 1 saturated heterocycles. The van der Waals surface area contributed by atoms with Gasteiger partial charge in [0, 0.05) is 12.5 Å². The van der Waals surface area contributed by atoms with Crippen LogP contribution < -0.4 is 10.6 Å². The van der Waals surface area contributed by atoms with Crippen LogP contribution in [0.25, 0.3) is 0 Å². The van der Waals surface area contributed by atoms with Gasteiger partial charge in [0.25, 0.3) is 0 Å². The van der Waals surface area contributed by atoms with Crippen LogP contribution in [0.5, 0.6) is 0 Å². The van der Waals surface area contributed by atoms with E-state index >= 15 is 0 Å². The highest BCUT2D eigenvalue weighted by Crippen LogP contribution is 2.22. The zero-order valence-corrected chi connectivity index (χ0v) is 14.9. The Labute approximate surface area is 140 Å². The molecule has 1 atom stereocenters. The van der Waals surface area contributed by atoms with Gasteiger partial charge in [-0.25, -0.2) is 0 Å². The maximum absolute atomic E-state index is 12.0. The van der Waals surface area contributed by atoms with Gasteiger partial charge in [-0.05, 0) is 42.0 Å². The van der Waals surface area contributed by atoms with Gasteiger partial charge in [0.1, 0.15) is 0 Å². The van der Waals surface area contributed by atoms with E-state index in [0.29, 0.717) is 5.92 Å². The van der Waals surface area contributed by atoms with Crippen molar-refractivity contribution in [3.05, 3.63) is 35.4 Å². The van der Waals surface area contributed by atoms with Crippen molar-refractivity contribution in [2.24, 2.45) is 11.8 Å². The van der Waals surface area contributed by atoms with Gasteiger partial charge in [-0.3, -0.25) is 4.79 Å². The van der Waals surface area contributed by atoms with Crippen molar-refractivity contribution in [2.75, 3.05) is 19.6 Å². The minimum Gasteiger partial charge on any atom is -0.356 e. The third-order valence-corrected chi connectivity index (χ3v) is 4.47. The van der Waals surface area contributed by atoms with Gasteiger partial charge in [-0.1, -0.05) is 52.0 Å². The first-order chi connectivity index (χ1) is 9.88. The lowest BCUT2D eigenvalue weighted by Crippen LogP contribution is -2.49. The quantitative estimate of drug-likeness (QED) is 0.874. The van der Waals surface area contributed by atoms with E-state index in [-0.39, 0.29) is 29.6 Å². The van der Waals surface area contributed by atoms with E-state index in [2.05, 4.69) is 55.7 Å². The van der Waals surface area contributed by atoms with Crippen LogP contribution in [0, 0.1) is 11.8 Å². The number of carbonyl (C=O) groups is 1. The Kier molecular flexibility index (Phi) is 6.89. The number of amides is 1. The van der Waals surface area contributed by atoms with E-state index in [4.69, 9.17) is 0 Å². The van der Waals surface area contributed by atoms with Gasteiger partial charge in [0.05, 0.1) is 0 Å². The van der Waals surface area contributed by atoms with Crippen molar-refractivity contribution in [1.29, 1.82) is 0 Å². The molecular formula is C18H29ClN2O. The minimum absolute atomic E-state index is 0. The maximum atomic E-state index is 12.0. The van der Waals surface area contributed by atoms with Crippen molar-refractivity contribution in [1.82, 2.24) is 10.6 Å². The Morgan fingerprint density at radius 1 is 1.27 bits per heavy atom. The summed E-state index contributed by atoms with van der Waals surface area (Å²) in [6.45, 7) is 11.4. The summed E-state index contributed by atoms with van der Waals surface area (Å²) in [5, 5.41) is 6.27. The van der Waals surface area contributed by atoms with Gasteiger partial charge in [-0.2, -0.15) is 0 Å². The first-order valence-electron chi connectivity index (χ1n) is 7.96. The summed E-state index contributed by atoms with van der Waals surface area (Å²) in [7, 11) is 0. The van der Waals surface area contributed by atoms with Crippen LogP contribution >= 0.6 is 12.4 Å². The highest BCUT2D eigenvalue weighted by atomic mass is 35.5. The maximum Gasteiger partial charge on any atom is 0.223 e. The molecule has 1 aliphatic heterocycles. The summed E-state index contributed by atoms with van der Waals surface area (Å²) in [6, 6.07) is 8.73. The molecule has 0 aromatic heterocycles. The predicted octanol–water partition coefficient (Wildman–Crippen LogP) is 2.92. The third-order valence-electron chi connectivity index (χ3n) is 4.47. The van der Waals surface area contributed by atoms with E-state index in [1.54, 1.807) is 0 Å². The molecule has 2 N–H and O–H groups in total. The monoisotopic (exact) mass is 324 g/mol. The Morgan fingerprint density at radius 3 is 2.32 bits per heavy atom. The number of hydrogen-bond donors (Lipinski definition) is 2. The number of rotatable bonds is 5. The second kappa shape index (κ2) is 7.98. The highest BCUT2D eigenvalue weighted by Gasteiger charge is 2.28. The topological polar surface area (TPSA) is 41.1 Å². The molecule has 1 unspecified atom stereocenters. The lowest BCUT2D eigenvalue weighted by molar-refractivity contribution is -0.126. The first kappa shape index (κ1) is 19.0. The Bertz CT molecular complexity index is 475. The summed E-state index contributed by atoms with van der Waals surface area (Å²) < 4.78 is 0. The fraction of sp³-hybridized carbons (Fsp3) is 0.611. The highest BCUT2D eigenvalue weighted by molar-refractivity contribution is 5.85. The van der Waals surface area contributed by atoms with Crippen molar-refractivity contribution in [3.8, 4) is 0 Å². The molecule has 1 aromatic rings. The predicted molar refractivity (Wildman–Crippen MR) is 94.6 cm³/mol. The van der Waals surface area contributed by atoms with E-state index in [9.17, 15) is 4.79 Å². The standard InChI is InChI=1S/C18H28N2O.ClH/c1-13(15-11-19-12-15)17(21)20-10-9-14-5-7-16(8-6-14)18(2,3)4;/h5-8,13,15,19H,9-12H2,1-4H3,(H,20,21);1H. The lowest BCUT2D eigenvalue weighted by atomic mass is 9.86. The van der Waals surface area contributed by atoms with Crippen molar-refractivity contribution in [3.63, 3.8) is 0 Å². The molecule has 0 bridgehead atoms. The second-order valence-electron chi connectivity index (χ2n) is 7.19. The number of hydrogen-bond acceptors (Lipinski definition) is 2. The molecule has 0 aliphatic carbocycles. The molecule has 4 heteroatoms. The molecular weight excluding hydrogens is 296 g/mol. The molecule has 2 rings (SSSR count). The molecule has 1 amide bonds. The molecule has 1 aliphatic rings. The van der Waals surface area contributed by atoms with Crippen LogP contribution in [0.3, 0.4) is 0 Å². The third kappa shape index (κ3) is 4.99. The Morgan fingerprint density at radius 2 is 1.86 bits per heavy atom. The van der Waals surface area contributed by atoms with Crippen molar-refractivity contribution < 1.29 is 4.79 Å². The lowest BCUT2D eigenvalue weighted by Gasteiger charge is -2.31. The van der Waals surface area contributed by atoms with Gasteiger partial charge in [0.2, 0.25) is 5.91 Å². The molecule has 1 aromatic carbocycles. The van der Waals surface area contributed by atoms with E-state index in [1.165, 1.54) is 11.1 Å². The molecule has 0 saturated carbocycles. The Hall–Kier alpha value is -1.06. The zero-order chi connectivity index (χ0) is 15.5. The van der Waals surface area contributed by atoms with Gasteiger partial charge < -0.3 is 10.6 Å². The normalized spacial score (nSPS) is 16.4. The number of nitrogens with one attached hydrogen (secondary N) is 2. The number of carbonyl (C=O) groups excluding carboxylic acids is 1. The average Bonchev–Trinajstić information content (AvgIpc) is 2.36. The fourth-order valence-corrected chi connectivity index (χ4v) is 2.54. The van der Waals surface area contributed by atoms with Gasteiger partial charge in [0.15, 0.2) is 0 Å². The summed E-state index contributed by atoms with van der Waals surface area (Å²) in [6.07, 6.45) is 0.895. The van der Waals surface area contributed by atoms with Crippen molar-refractivity contribution in [2.45, 2.75) is 39.5 Å².